The van der Waals surface area contributed by atoms with Crippen LogP contribution in [-0.2, 0) is 6.42 Å². The van der Waals surface area contributed by atoms with Crippen LogP contribution in [0, 0.1) is 0 Å². The van der Waals surface area contributed by atoms with Gasteiger partial charge in [0.25, 0.3) is 11.6 Å². The van der Waals surface area contributed by atoms with E-state index in [1.807, 2.05) is 13.0 Å². The van der Waals surface area contributed by atoms with Gasteiger partial charge in [-0.2, -0.15) is 0 Å². The van der Waals surface area contributed by atoms with Gasteiger partial charge in [-0.1, -0.05) is 19.0 Å². The summed E-state index contributed by atoms with van der Waals surface area (Å²) in [6, 6.07) is 2.54. The number of amides is 1. The molecule has 0 atom stereocenters. The lowest BCUT2D eigenvalue weighted by atomic mass is 10.1. The fourth-order valence-corrected chi connectivity index (χ4v) is 2.71. The summed E-state index contributed by atoms with van der Waals surface area (Å²) in [6.07, 6.45) is 4.87. The Morgan fingerprint density at radius 2 is 2.27 bits per heavy atom. The predicted octanol–water partition coefficient (Wildman–Crippen LogP) is 2.00. The highest BCUT2D eigenvalue weighted by Gasteiger charge is 2.27. The first-order chi connectivity index (χ1) is 10.7. The highest BCUT2D eigenvalue weighted by atomic mass is 16.5. The van der Waals surface area contributed by atoms with Gasteiger partial charge in [-0.25, -0.2) is 4.98 Å². The van der Waals surface area contributed by atoms with Gasteiger partial charge in [0.2, 0.25) is 0 Å². The van der Waals surface area contributed by atoms with Gasteiger partial charge < -0.3 is 9.84 Å². The van der Waals surface area contributed by atoms with Crippen LogP contribution in [0.1, 0.15) is 42.7 Å². The van der Waals surface area contributed by atoms with Crippen molar-refractivity contribution in [3.63, 3.8) is 0 Å². The normalized spacial score (nSPS) is 14.7. The second-order valence-corrected chi connectivity index (χ2v) is 5.68. The minimum absolute atomic E-state index is 0.0931. The maximum absolute atomic E-state index is 12.2. The molecule has 2 aromatic heterocycles. The van der Waals surface area contributed by atoms with E-state index in [0.29, 0.717) is 17.8 Å². The molecular weight excluding hydrogens is 280 g/mol. The first kappa shape index (κ1) is 15.0. The van der Waals surface area contributed by atoms with Crippen LogP contribution < -0.4 is 5.32 Å². The van der Waals surface area contributed by atoms with Crippen molar-refractivity contribution in [2.75, 3.05) is 19.6 Å². The van der Waals surface area contributed by atoms with Crippen LogP contribution in [0.4, 0.5) is 0 Å². The van der Waals surface area contributed by atoms with Crippen molar-refractivity contribution in [2.45, 2.75) is 39.2 Å². The number of fused-ring (bicyclic) bond motifs is 1. The second kappa shape index (κ2) is 6.44. The summed E-state index contributed by atoms with van der Waals surface area (Å²) < 4.78 is 5.14. The number of aromatic nitrogens is 2. The third-order valence-electron chi connectivity index (χ3n) is 4.16. The highest BCUT2D eigenvalue weighted by molar-refractivity contribution is 5.96. The predicted molar refractivity (Wildman–Crippen MR) is 83.8 cm³/mol. The first-order valence-corrected chi connectivity index (χ1v) is 7.99. The van der Waals surface area contributed by atoms with E-state index in [-0.39, 0.29) is 5.91 Å². The third-order valence-corrected chi connectivity index (χ3v) is 4.16. The maximum atomic E-state index is 12.2. The molecule has 0 spiro atoms. The Morgan fingerprint density at radius 1 is 1.45 bits per heavy atom. The van der Waals surface area contributed by atoms with E-state index >= 15 is 0 Å². The summed E-state index contributed by atoms with van der Waals surface area (Å²) in [7, 11) is 0. The quantitative estimate of drug-likeness (QED) is 0.847. The number of aryl methyl sites for hydroxylation is 1. The van der Waals surface area contributed by atoms with Crippen LogP contribution in [0.2, 0.25) is 0 Å². The van der Waals surface area contributed by atoms with Crippen LogP contribution in [0.5, 0.6) is 0 Å². The molecular formula is C16H22N4O2. The molecule has 6 nitrogen and oxygen atoms in total. The van der Waals surface area contributed by atoms with Crippen molar-refractivity contribution in [3.05, 3.63) is 23.5 Å². The third kappa shape index (κ3) is 3.11. The molecule has 1 saturated carbocycles. The van der Waals surface area contributed by atoms with E-state index in [0.717, 1.165) is 36.6 Å². The summed E-state index contributed by atoms with van der Waals surface area (Å²) >= 11 is 0. The minimum atomic E-state index is -0.0931. The Hall–Kier alpha value is -1.95. The highest BCUT2D eigenvalue weighted by Crippen LogP contribution is 2.25. The Labute approximate surface area is 129 Å². The molecule has 0 aromatic carbocycles. The molecule has 3 rings (SSSR count). The molecule has 1 fully saturated rings. The van der Waals surface area contributed by atoms with Crippen LogP contribution >= 0.6 is 0 Å². The van der Waals surface area contributed by atoms with Crippen LogP contribution in [0.25, 0.3) is 11.1 Å². The molecule has 0 radical (unpaired) electrons. The molecule has 118 valence electrons. The summed E-state index contributed by atoms with van der Waals surface area (Å²) in [5.74, 6) is -0.0931. The fourth-order valence-electron chi connectivity index (χ4n) is 2.71. The van der Waals surface area contributed by atoms with Gasteiger partial charge in [-0.15, -0.1) is 0 Å². The number of carbonyl (C=O) groups is 1. The largest absolute Gasteiger partial charge is 0.351 e. The fraction of sp³-hybridized carbons (Fsp3) is 0.562. The van der Waals surface area contributed by atoms with Crippen molar-refractivity contribution >= 4 is 17.0 Å². The van der Waals surface area contributed by atoms with Crippen LogP contribution in [-0.4, -0.2) is 46.6 Å². The molecule has 0 saturated heterocycles. The summed E-state index contributed by atoms with van der Waals surface area (Å²) in [4.78, 5) is 18.8. The maximum Gasteiger partial charge on any atom is 0.257 e. The number of hydrogen-bond donors (Lipinski definition) is 1. The van der Waals surface area contributed by atoms with Crippen LogP contribution in [0.15, 0.2) is 16.8 Å². The van der Waals surface area contributed by atoms with Gasteiger partial charge in [0, 0.05) is 25.3 Å². The lowest BCUT2D eigenvalue weighted by Crippen LogP contribution is -2.36. The molecule has 2 aromatic rings. The van der Waals surface area contributed by atoms with Crippen molar-refractivity contribution in [2.24, 2.45) is 0 Å². The molecule has 1 aliphatic carbocycles. The van der Waals surface area contributed by atoms with Gasteiger partial charge in [0.1, 0.15) is 0 Å². The van der Waals surface area contributed by atoms with E-state index in [1.165, 1.54) is 12.8 Å². The molecule has 1 aliphatic rings. The molecule has 0 aliphatic heterocycles. The number of pyridine rings is 1. The van der Waals surface area contributed by atoms with Crippen molar-refractivity contribution in [1.82, 2.24) is 20.4 Å². The molecule has 0 unspecified atom stereocenters. The van der Waals surface area contributed by atoms with Gasteiger partial charge in [-0.3, -0.25) is 9.69 Å². The zero-order valence-corrected chi connectivity index (χ0v) is 13.1. The Morgan fingerprint density at radius 3 is 2.95 bits per heavy atom. The van der Waals surface area contributed by atoms with Gasteiger partial charge in [-0.05, 0) is 31.9 Å². The summed E-state index contributed by atoms with van der Waals surface area (Å²) in [6.45, 7) is 6.76. The average molecular weight is 302 g/mol. The first-order valence-electron chi connectivity index (χ1n) is 7.99. The molecule has 1 amide bonds. The second-order valence-electron chi connectivity index (χ2n) is 5.68. The van der Waals surface area contributed by atoms with E-state index in [1.54, 1.807) is 6.20 Å². The number of likely N-dealkylation sites (N-methyl/N-ethyl adjacent to an activating group) is 1. The van der Waals surface area contributed by atoms with E-state index in [2.05, 4.69) is 27.3 Å². The zero-order chi connectivity index (χ0) is 15.5. The Kier molecular flexibility index (Phi) is 4.38. The number of carbonyl (C=O) groups excluding carboxylic acids is 1. The van der Waals surface area contributed by atoms with Crippen molar-refractivity contribution in [3.8, 4) is 0 Å². The SMILES string of the molecule is CCc1noc2ncc(C(=O)NCCN(CC)C3CC3)cc12. The number of nitrogens with zero attached hydrogens (tertiary/aromatic N) is 3. The average Bonchev–Trinajstić information content (AvgIpc) is 3.30. The number of rotatable bonds is 7. The minimum Gasteiger partial charge on any atom is -0.351 e. The van der Waals surface area contributed by atoms with E-state index in [9.17, 15) is 4.79 Å². The van der Waals surface area contributed by atoms with E-state index < -0.39 is 0 Å². The van der Waals surface area contributed by atoms with Crippen molar-refractivity contribution in [1.29, 1.82) is 0 Å². The molecule has 1 N–H and O–H groups in total. The number of hydrogen-bond acceptors (Lipinski definition) is 5. The zero-order valence-electron chi connectivity index (χ0n) is 13.1. The van der Waals surface area contributed by atoms with Crippen molar-refractivity contribution < 1.29 is 9.32 Å². The monoisotopic (exact) mass is 302 g/mol. The Balaban J connectivity index is 1.61. The van der Waals surface area contributed by atoms with Gasteiger partial charge >= 0.3 is 0 Å². The lowest BCUT2D eigenvalue weighted by molar-refractivity contribution is 0.0947. The molecule has 22 heavy (non-hydrogen) atoms. The standard InChI is InChI=1S/C16H22N4O2/c1-3-14-13-9-11(10-18-16(13)22-19-14)15(21)17-7-8-20(4-2)12-5-6-12/h9-10,12H,3-8H2,1-2H3,(H,17,21). The van der Waals surface area contributed by atoms with Gasteiger partial charge in [0.05, 0.1) is 16.6 Å². The smallest absolute Gasteiger partial charge is 0.257 e. The van der Waals surface area contributed by atoms with E-state index in [4.69, 9.17) is 4.52 Å². The molecule has 2 heterocycles. The lowest BCUT2D eigenvalue weighted by Gasteiger charge is -2.19. The number of nitrogens with one attached hydrogen (secondary N) is 1. The summed E-state index contributed by atoms with van der Waals surface area (Å²) in [5.41, 5.74) is 1.88. The topological polar surface area (TPSA) is 71.3 Å². The Bertz CT molecular complexity index is 663. The molecule has 6 heteroatoms. The summed E-state index contributed by atoms with van der Waals surface area (Å²) in [5, 5.41) is 7.75. The molecule has 0 bridgehead atoms. The van der Waals surface area contributed by atoms with Crippen LogP contribution in [0.3, 0.4) is 0 Å². The van der Waals surface area contributed by atoms with Gasteiger partial charge in [0.15, 0.2) is 0 Å².